The fourth-order valence-electron chi connectivity index (χ4n) is 1.97. The predicted octanol–water partition coefficient (Wildman–Crippen LogP) is 4.05. The highest BCUT2D eigenvalue weighted by Gasteiger charge is 2.20. The zero-order valence-electron chi connectivity index (χ0n) is 10.2. The fourth-order valence-corrected chi connectivity index (χ4v) is 2.81. The molecule has 2 heterocycles. The van der Waals surface area contributed by atoms with Crippen molar-refractivity contribution in [2.45, 2.75) is 0 Å². The molecule has 0 radical (unpaired) electrons. The molecule has 0 atom stereocenters. The van der Waals surface area contributed by atoms with Crippen molar-refractivity contribution in [2.24, 2.45) is 0 Å². The molecule has 8 heteroatoms. The van der Waals surface area contributed by atoms with E-state index in [1.807, 2.05) is 0 Å². The van der Waals surface area contributed by atoms with Gasteiger partial charge in [-0.2, -0.15) is 5.10 Å². The number of carboxylic acid groups (broad SMARTS) is 1. The maximum atomic E-state index is 11.1. The Morgan fingerprint density at radius 2 is 2.00 bits per heavy atom. The molecule has 3 aromatic rings. The van der Waals surface area contributed by atoms with Gasteiger partial charge in [0.15, 0.2) is 5.65 Å². The number of carbonyl (C=O) groups is 1. The molecule has 0 unspecified atom stereocenters. The van der Waals surface area contributed by atoms with Gasteiger partial charge >= 0.3 is 5.97 Å². The van der Waals surface area contributed by atoms with Gasteiger partial charge in [-0.1, -0.05) is 46.9 Å². The lowest BCUT2D eigenvalue weighted by Crippen LogP contribution is -2.01. The van der Waals surface area contributed by atoms with Crippen molar-refractivity contribution in [1.82, 2.24) is 14.6 Å². The van der Waals surface area contributed by atoms with Gasteiger partial charge < -0.3 is 5.11 Å². The van der Waals surface area contributed by atoms with Crippen molar-refractivity contribution in [3.05, 3.63) is 51.4 Å². The van der Waals surface area contributed by atoms with Crippen LogP contribution < -0.4 is 0 Å². The third-order valence-electron chi connectivity index (χ3n) is 2.89. The van der Waals surface area contributed by atoms with Gasteiger partial charge in [0.05, 0.1) is 11.8 Å². The number of carboxylic acids is 1. The molecule has 0 saturated carbocycles. The summed E-state index contributed by atoms with van der Waals surface area (Å²) in [6.45, 7) is 0. The molecule has 5 nitrogen and oxygen atoms in total. The standard InChI is InChI=1S/C13H6Cl3N3O2/c14-7-3-1-2-6(4-7)9-10(15)18-12-8(13(20)21)5-17-19(12)11(9)16/h1-5H,(H,20,21). The molecule has 0 aliphatic rings. The minimum atomic E-state index is -1.15. The molecule has 106 valence electrons. The topological polar surface area (TPSA) is 67.5 Å². The van der Waals surface area contributed by atoms with Crippen LogP contribution in [0.2, 0.25) is 15.3 Å². The van der Waals surface area contributed by atoms with Gasteiger partial charge in [0.1, 0.15) is 15.9 Å². The van der Waals surface area contributed by atoms with E-state index in [1.165, 1.54) is 10.7 Å². The zero-order chi connectivity index (χ0) is 15.1. The first-order valence-corrected chi connectivity index (χ1v) is 6.84. The van der Waals surface area contributed by atoms with E-state index < -0.39 is 5.97 Å². The van der Waals surface area contributed by atoms with Gasteiger partial charge in [0, 0.05) is 5.02 Å². The number of nitrogens with zero attached hydrogens (tertiary/aromatic N) is 3. The average Bonchev–Trinajstić information content (AvgIpc) is 2.82. The van der Waals surface area contributed by atoms with Crippen LogP contribution in [-0.2, 0) is 0 Å². The van der Waals surface area contributed by atoms with E-state index in [0.717, 1.165) is 0 Å². The Bertz CT molecular complexity index is 876. The molecule has 3 rings (SSSR count). The minimum absolute atomic E-state index is 0.0727. The molecule has 2 aromatic heterocycles. The highest BCUT2D eigenvalue weighted by molar-refractivity contribution is 6.38. The van der Waals surface area contributed by atoms with Gasteiger partial charge in [-0.3, -0.25) is 0 Å². The van der Waals surface area contributed by atoms with Gasteiger partial charge in [-0.25, -0.2) is 14.3 Å². The maximum Gasteiger partial charge on any atom is 0.341 e. The highest BCUT2D eigenvalue weighted by atomic mass is 35.5. The number of halogens is 3. The van der Waals surface area contributed by atoms with E-state index in [2.05, 4.69) is 10.1 Å². The van der Waals surface area contributed by atoms with E-state index >= 15 is 0 Å². The first kappa shape index (κ1) is 14.1. The summed E-state index contributed by atoms with van der Waals surface area (Å²) >= 11 is 18.4. The molecule has 0 fully saturated rings. The van der Waals surface area contributed by atoms with E-state index in [9.17, 15) is 4.79 Å². The first-order valence-electron chi connectivity index (χ1n) is 5.71. The number of benzene rings is 1. The molecule has 0 saturated heterocycles. The lowest BCUT2D eigenvalue weighted by molar-refractivity contribution is 0.0699. The van der Waals surface area contributed by atoms with Crippen LogP contribution in [0.25, 0.3) is 16.8 Å². The normalized spacial score (nSPS) is 11.0. The van der Waals surface area contributed by atoms with Crippen LogP contribution in [0.4, 0.5) is 0 Å². The minimum Gasteiger partial charge on any atom is -0.477 e. The molecule has 0 bridgehead atoms. The summed E-state index contributed by atoms with van der Waals surface area (Å²) in [6, 6.07) is 6.92. The van der Waals surface area contributed by atoms with Crippen LogP contribution in [0.15, 0.2) is 30.5 Å². The molecule has 21 heavy (non-hydrogen) atoms. The third-order valence-corrected chi connectivity index (χ3v) is 3.75. The largest absolute Gasteiger partial charge is 0.477 e. The fraction of sp³-hybridized carbons (Fsp3) is 0. The molecular weight excluding hydrogens is 337 g/mol. The van der Waals surface area contributed by atoms with Crippen LogP contribution in [0.5, 0.6) is 0 Å². The summed E-state index contributed by atoms with van der Waals surface area (Å²) in [6.07, 6.45) is 1.18. The summed E-state index contributed by atoms with van der Waals surface area (Å²) < 4.78 is 1.23. The van der Waals surface area contributed by atoms with Crippen molar-refractivity contribution >= 4 is 46.4 Å². The number of rotatable bonds is 2. The monoisotopic (exact) mass is 341 g/mol. The van der Waals surface area contributed by atoms with Gasteiger partial charge in [0.2, 0.25) is 0 Å². The summed E-state index contributed by atoms with van der Waals surface area (Å²) in [4.78, 5) is 15.2. The van der Waals surface area contributed by atoms with Crippen LogP contribution in [0.3, 0.4) is 0 Å². The van der Waals surface area contributed by atoms with Crippen LogP contribution in [0.1, 0.15) is 10.4 Å². The second-order valence-electron chi connectivity index (χ2n) is 4.18. The molecular formula is C13H6Cl3N3O2. The van der Waals surface area contributed by atoms with Crippen molar-refractivity contribution in [3.8, 4) is 11.1 Å². The quantitative estimate of drug-likeness (QED) is 0.713. The van der Waals surface area contributed by atoms with Gasteiger partial charge in [0.25, 0.3) is 0 Å². The Hall–Kier alpha value is -1.82. The number of hydrogen-bond donors (Lipinski definition) is 1. The number of aromatic carboxylic acids is 1. The first-order chi connectivity index (χ1) is 9.99. The molecule has 1 N–H and O–H groups in total. The van der Waals surface area contributed by atoms with Crippen LogP contribution in [0, 0.1) is 0 Å². The molecule has 1 aromatic carbocycles. The zero-order valence-corrected chi connectivity index (χ0v) is 12.5. The Kier molecular flexibility index (Phi) is 3.49. The van der Waals surface area contributed by atoms with E-state index in [4.69, 9.17) is 39.9 Å². The predicted molar refractivity (Wildman–Crippen MR) is 80.4 cm³/mol. The maximum absolute atomic E-state index is 11.1. The van der Waals surface area contributed by atoms with E-state index in [-0.39, 0.29) is 21.5 Å². The number of aromatic nitrogens is 3. The Morgan fingerprint density at radius 3 is 2.67 bits per heavy atom. The average molecular weight is 343 g/mol. The second-order valence-corrected chi connectivity index (χ2v) is 5.33. The Labute approximate surface area is 133 Å². The van der Waals surface area contributed by atoms with Gasteiger partial charge in [-0.05, 0) is 17.7 Å². The Morgan fingerprint density at radius 1 is 1.24 bits per heavy atom. The van der Waals surface area contributed by atoms with Crippen molar-refractivity contribution in [3.63, 3.8) is 0 Å². The Balaban J connectivity index is 2.33. The summed E-state index contributed by atoms with van der Waals surface area (Å²) in [7, 11) is 0. The number of hydrogen-bond acceptors (Lipinski definition) is 3. The smallest absolute Gasteiger partial charge is 0.341 e. The second kappa shape index (κ2) is 5.18. The SMILES string of the molecule is O=C(O)c1cnn2c(Cl)c(-c3cccc(Cl)c3)c(Cl)nc12. The summed E-state index contributed by atoms with van der Waals surface area (Å²) in [5.74, 6) is -1.15. The lowest BCUT2D eigenvalue weighted by Gasteiger charge is -2.09. The lowest BCUT2D eigenvalue weighted by atomic mass is 10.1. The van der Waals surface area contributed by atoms with Crippen LogP contribution in [-0.4, -0.2) is 25.7 Å². The van der Waals surface area contributed by atoms with E-state index in [1.54, 1.807) is 24.3 Å². The summed E-state index contributed by atoms with van der Waals surface area (Å²) in [5, 5.41) is 13.8. The van der Waals surface area contributed by atoms with Crippen molar-refractivity contribution in [2.75, 3.05) is 0 Å². The van der Waals surface area contributed by atoms with E-state index in [0.29, 0.717) is 16.1 Å². The third kappa shape index (κ3) is 2.33. The van der Waals surface area contributed by atoms with Crippen molar-refractivity contribution < 1.29 is 9.90 Å². The van der Waals surface area contributed by atoms with Crippen molar-refractivity contribution in [1.29, 1.82) is 0 Å². The highest BCUT2D eigenvalue weighted by Crippen LogP contribution is 2.35. The molecule has 0 aliphatic heterocycles. The molecule has 0 aliphatic carbocycles. The van der Waals surface area contributed by atoms with Crippen LogP contribution >= 0.6 is 34.8 Å². The number of fused-ring (bicyclic) bond motifs is 1. The summed E-state index contributed by atoms with van der Waals surface area (Å²) in [5.41, 5.74) is 1.12. The molecule has 0 amide bonds. The molecule has 0 spiro atoms. The van der Waals surface area contributed by atoms with Gasteiger partial charge in [-0.15, -0.1) is 0 Å².